The highest BCUT2D eigenvalue weighted by molar-refractivity contribution is 4.78. The van der Waals surface area contributed by atoms with Crippen LogP contribution in [0.3, 0.4) is 0 Å². The van der Waals surface area contributed by atoms with Crippen molar-refractivity contribution in [2.45, 2.75) is 46.0 Å². The summed E-state index contributed by atoms with van der Waals surface area (Å²) >= 11 is 0. The van der Waals surface area contributed by atoms with Gasteiger partial charge in [0.1, 0.15) is 0 Å². The van der Waals surface area contributed by atoms with Crippen LogP contribution in [0.15, 0.2) is 12.7 Å². The third kappa shape index (κ3) is 5.87. The normalized spacial score (nSPS) is 15.3. The first kappa shape index (κ1) is 12.7. The fraction of sp³-hybridized carbons (Fsp3) is 0.833. The van der Waals surface area contributed by atoms with Crippen LogP contribution in [-0.4, -0.2) is 6.54 Å². The highest BCUT2D eigenvalue weighted by atomic mass is 14.5. The molecule has 0 aliphatic carbocycles. The minimum absolute atomic E-state index is 0.715. The van der Waals surface area contributed by atoms with Crippen LogP contribution in [0.1, 0.15) is 46.0 Å². The zero-order chi connectivity index (χ0) is 10.1. The molecule has 2 N–H and O–H groups in total. The summed E-state index contributed by atoms with van der Waals surface area (Å²) in [4.78, 5) is 0. The molecule has 0 rings (SSSR count). The van der Waals surface area contributed by atoms with E-state index in [4.69, 9.17) is 5.73 Å². The molecule has 0 amide bonds. The molecule has 2 atom stereocenters. The Labute approximate surface area is 83.4 Å². The lowest BCUT2D eigenvalue weighted by atomic mass is 9.91. The molecule has 2 unspecified atom stereocenters. The average molecular weight is 183 g/mol. The minimum Gasteiger partial charge on any atom is -0.330 e. The minimum atomic E-state index is 0.715. The van der Waals surface area contributed by atoms with Gasteiger partial charge in [0, 0.05) is 0 Å². The molecule has 13 heavy (non-hydrogen) atoms. The van der Waals surface area contributed by atoms with Crippen LogP contribution in [0.4, 0.5) is 0 Å². The largest absolute Gasteiger partial charge is 0.330 e. The van der Waals surface area contributed by atoms with E-state index in [9.17, 15) is 0 Å². The Hall–Kier alpha value is -0.300. The highest BCUT2D eigenvalue weighted by Gasteiger charge is 2.08. The van der Waals surface area contributed by atoms with Gasteiger partial charge in [-0.25, -0.2) is 0 Å². The maximum absolute atomic E-state index is 5.56. The van der Waals surface area contributed by atoms with Gasteiger partial charge in [0.05, 0.1) is 0 Å². The van der Waals surface area contributed by atoms with Crippen molar-refractivity contribution in [1.29, 1.82) is 0 Å². The maximum Gasteiger partial charge on any atom is -0.00746 e. The van der Waals surface area contributed by atoms with Crippen molar-refractivity contribution in [3.05, 3.63) is 12.7 Å². The SMILES string of the molecule is C=CC(CC)CCC(CC)CCN. The van der Waals surface area contributed by atoms with Crippen LogP contribution < -0.4 is 5.73 Å². The Morgan fingerprint density at radius 1 is 1.15 bits per heavy atom. The monoisotopic (exact) mass is 183 g/mol. The van der Waals surface area contributed by atoms with E-state index in [-0.39, 0.29) is 0 Å². The first-order valence-electron chi connectivity index (χ1n) is 5.61. The van der Waals surface area contributed by atoms with E-state index in [1.165, 1.54) is 32.1 Å². The van der Waals surface area contributed by atoms with E-state index in [0.29, 0.717) is 5.92 Å². The molecule has 0 spiro atoms. The van der Waals surface area contributed by atoms with Crippen molar-refractivity contribution in [3.8, 4) is 0 Å². The van der Waals surface area contributed by atoms with Gasteiger partial charge in [-0.2, -0.15) is 0 Å². The smallest absolute Gasteiger partial charge is 0.00746 e. The van der Waals surface area contributed by atoms with Crippen LogP contribution in [0.5, 0.6) is 0 Å². The number of hydrogen-bond donors (Lipinski definition) is 1. The molecule has 1 heteroatoms. The zero-order valence-corrected chi connectivity index (χ0v) is 9.26. The fourth-order valence-corrected chi connectivity index (χ4v) is 1.73. The Bertz CT molecular complexity index is 120. The molecule has 0 aliphatic rings. The van der Waals surface area contributed by atoms with Gasteiger partial charge in [-0.3, -0.25) is 0 Å². The lowest BCUT2D eigenvalue weighted by Crippen LogP contribution is -2.09. The summed E-state index contributed by atoms with van der Waals surface area (Å²) in [5.74, 6) is 1.55. The molecule has 0 aromatic rings. The van der Waals surface area contributed by atoms with E-state index in [2.05, 4.69) is 26.5 Å². The van der Waals surface area contributed by atoms with E-state index in [1.807, 2.05) is 0 Å². The van der Waals surface area contributed by atoms with Gasteiger partial charge in [0.25, 0.3) is 0 Å². The van der Waals surface area contributed by atoms with Gasteiger partial charge in [-0.1, -0.05) is 26.3 Å². The molecule has 0 saturated heterocycles. The molecule has 0 saturated carbocycles. The van der Waals surface area contributed by atoms with Crippen LogP contribution in [-0.2, 0) is 0 Å². The van der Waals surface area contributed by atoms with Crippen LogP contribution >= 0.6 is 0 Å². The van der Waals surface area contributed by atoms with Crippen LogP contribution in [0, 0.1) is 11.8 Å². The maximum atomic E-state index is 5.56. The summed E-state index contributed by atoms with van der Waals surface area (Å²) in [6.07, 6.45) is 8.38. The lowest BCUT2D eigenvalue weighted by molar-refractivity contribution is 0.395. The highest BCUT2D eigenvalue weighted by Crippen LogP contribution is 2.20. The summed E-state index contributed by atoms with van der Waals surface area (Å²) < 4.78 is 0. The molecule has 0 aliphatic heterocycles. The van der Waals surface area contributed by atoms with Crippen molar-refractivity contribution in [3.63, 3.8) is 0 Å². The summed E-state index contributed by atoms with van der Waals surface area (Å²) in [7, 11) is 0. The second-order valence-electron chi connectivity index (χ2n) is 3.83. The number of hydrogen-bond acceptors (Lipinski definition) is 1. The van der Waals surface area contributed by atoms with E-state index >= 15 is 0 Å². The Balaban J connectivity index is 3.62. The van der Waals surface area contributed by atoms with E-state index in [1.54, 1.807) is 0 Å². The van der Waals surface area contributed by atoms with Crippen molar-refractivity contribution in [2.24, 2.45) is 17.6 Å². The second-order valence-corrected chi connectivity index (χ2v) is 3.83. The van der Waals surface area contributed by atoms with Crippen molar-refractivity contribution >= 4 is 0 Å². The fourth-order valence-electron chi connectivity index (χ4n) is 1.73. The van der Waals surface area contributed by atoms with Gasteiger partial charge in [-0.15, -0.1) is 6.58 Å². The Kier molecular flexibility index (Phi) is 8.11. The van der Waals surface area contributed by atoms with Gasteiger partial charge < -0.3 is 5.73 Å². The first-order valence-corrected chi connectivity index (χ1v) is 5.61. The van der Waals surface area contributed by atoms with Gasteiger partial charge >= 0.3 is 0 Å². The van der Waals surface area contributed by atoms with Gasteiger partial charge in [0.2, 0.25) is 0 Å². The second kappa shape index (κ2) is 8.31. The molecule has 0 radical (unpaired) electrons. The van der Waals surface area contributed by atoms with Crippen LogP contribution in [0.2, 0.25) is 0 Å². The zero-order valence-electron chi connectivity index (χ0n) is 9.26. The molecule has 78 valence electrons. The van der Waals surface area contributed by atoms with Crippen molar-refractivity contribution < 1.29 is 0 Å². The first-order chi connectivity index (χ1) is 6.28. The molecule has 0 aromatic heterocycles. The number of nitrogens with two attached hydrogens (primary N) is 1. The molecular weight excluding hydrogens is 158 g/mol. The lowest BCUT2D eigenvalue weighted by Gasteiger charge is -2.16. The molecule has 0 bridgehead atoms. The summed E-state index contributed by atoms with van der Waals surface area (Å²) in [6, 6.07) is 0. The third-order valence-corrected chi connectivity index (χ3v) is 2.96. The molecule has 1 nitrogen and oxygen atoms in total. The topological polar surface area (TPSA) is 26.0 Å². The number of allylic oxidation sites excluding steroid dienone is 1. The average Bonchev–Trinajstić information content (AvgIpc) is 2.17. The van der Waals surface area contributed by atoms with E-state index < -0.39 is 0 Å². The summed E-state index contributed by atoms with van der Waals surface area (Å²) in [5.41, 5.74) is 5.56. The Morgan fingerprint density at radius 2 is 1.85 bits per heavy atom. The predicted molar refractivity (Wildman–Crippen MR) is 60.7 cm³/mol. The summed E-state index contributed by atoms with van der Waals surface area (Å²) in [6.45, 7) is 9.19. The standard InChI is InChI=1S/C12H25N/c1-4-11(5-2)7-8-12(6-3)9-10-13/h4,11-12H,1,5-10,13H2,2-3H3. The van der Waals surface area contributed by atoms with Crippen molar-refractivity contribution in [1.82, 2.24) is 0 Å². The van der Waals surface area contributed by atoms with Crippen LogP contribution in [0.25, 0.3) is 0 Å². The van der Waals surface area contributed by atoms with Gasteiger partial charge in [-0.05, 0) is 44.1 Å². The van der Waals surface area contributed by atoms with Gasteiger partial charge in [0.15, 0.2) is 0 Å². The molecule has 0 fully saturated rings. The third-order valence-electron chi connectivity index (χ3n) is 2.96. The molecular formula is C12H25N. The number of rotatable bonds is 8. The Morgan fingerprint density at radius 3 is 2.23 bits per heavy atom. The van der Waals surface area contributed by atoms with E-state index in [0.717, 1.165) is 12.5 Å². The quantitative estimate of drug-likeness (QED) is 0.574. The van der Waals surface area contributed by atoms with Crippen molar-refractivity contribution in [2.75, 3.05) is 6.54 Å². The molecule has 0 heterocycles. The molecule has 0 aromatic carbocycles. The predicted octanol–water partition coefficient (Wildman–Crippen LogP) is 3.35. The summed E-state index contributed by atoms with van der Waals surface area (Å²) in [5, 5.41) is 0.